The number of ether oxygens (including phenoxy) is 2. The number of amides is 1. The predicted octanol–water partition coefficient (Wildman–Crippen LogP) is 2.98. The minimum absolute atomic E-state index is 0.112. The maximum Gasteiger partial charge on any atom is 0.306 e. The first-order valence-corrected chi connectivity index (χ1v) is 12.0. The Balaban J connectivity index is 1.51. The summed E-state index contributed by atoms with van der Waals surface area (Å²) in [5, 5.41) is 2.64. The van der Waals surface area contributed by atoms with E-state index in [0.717, 1.165) is 18.4 Å². The molecule has 0 radical (unpaired) electrons. The second kappa shape index (κ2) is 10.6. The van der Waals surface area contributed by atoms with Gasteiger partial charge in [-0.1, -0.05) is 18.2 Å². The van der Waals surface area contributed by atoms with Crippen molar-refractivity contribution < 1.29 is 27.5 Å². The van der Waals surface area contributed by atoms with Gasteiger partial charge in [0.2, 0.25) is 10.0 Å². The number of aryl methyl sites for hydroxylation is 1. The minimum Gasteiger partial charge on any atom is -0.496 e. The van der Waals surface area contributed by atoms with Gasteiger partial charge in [-0.25, -0.2) is 8.42 Å². The molecular formula is C23H28N2O6S. The number of hydrogen-bond donors (Lipinski definition) is 1. The van der Waals surface area contributed by atoms with Crippen LogP contribution in [0.15, 0.2) is 53.4 Å². The van der Waals surface area contributed by atoms with E-state index in [1.807, 2.05) is 24.3 Å². The van der Waals surface area contributed by atoms with Gasteiger partial charge in [0.15, 0.2) is 6.10 Å². The highest BCUT2D eigenvalue weighted by Gasteiger charge is 2.27. The number of carbonyl (C=O) groups is 2. The third-order valence-corrected chi connectivity index (χ3v) is 7.21. The lowest BCUT2D eigenvalue weighted by Gasteiger charge is -2.16. The molecule has 0 spiro atoms. The molecule has 1 fully saturated rings. The summed E-state index contributed by atoms with van der Waals surface area (Å²) in [7, 11) is -1.94. The summed E-state index contributed by atoms with van der Waals surface area (Å²) in [6.45, 7) is 2.55. The number of sulfonamides is 1. The molecule has 1 aliphatic rings. The summed E-state index contributed by atoms with van der Waals surface area (Å²) >= 11 is 0. The highest BCUT2D eigenvalue weighted by atomic mass is 32.2. The number of para-hydroxylation sites is 1. The van der Waals surface area contributed by atoms with Gasteiger partial charge in [-0.3, -0.25) is 9.59 Å². The zero-order chi connectivity index (χ0) is 23.1. The molecule has 0 saturated carbocycles. The third-order valence-electron chi connectivity index (χ3n) is 5.29. The molecule has 2 aromatic carbocycles. The van der Waals surface area contributed by atoms with E-state index in [2.05, 4.69) is 5.32 Å². The fraction of sp³-hybridized carbons (Fsp3) is 0.391. The van der Waals surface area contributed by atoms with E-state index in [-0.39, 0.29) is 11.3 Å². The van der Waals surface area contributed by atoms with Gasteiger partial charge in [-0.2, -0.15) is 4.31 Å². The van der Waals surface area contributed by atoms with E-state index in [1.54, 1.807) is 7.11 Å². The molecule has 1 amide bonds. The maximum absolute atomic E-state index is 12.6. The normalized spacial score (nSPS) is 15.2. The molecule has 0 aromatic heterocycles. The van der Waals surface area contributed by atoms with Crippen LogP contribution < -0.4 is 10.1 Å². The van der Waals surface area contributed by atoms with Crippen molar-refractivity contribution in [3.8, 4) is 5.75 Å². The zero-order valence-corrected chi connectivity index (χ0v) is 19.1. The van der Waals surface area contributed by atoms with Gasteiger partial charge in [0.1, 0.15) is 5.75 Å². The smallest absolute Gasteiger partial charge is 0.306 e. The van der Waals surface area contributed by atoms with E-state index in [0.29, 0.717) is 30.9 Å². The number of hydrogen-bond acceptors (Lipinski definition) is 6. The number of anilines is 1. The van der Waals surface area contributed by atoms with Crippen molar-refractivity contribution in [2.45, 2.75) is 43.6 Å². The number of carbonyl (C=O) groups excluding carboxylic acids is 2. The first kappa shape index (κ1) is 23.7. The first-order chi connectivity index (χ1) is 15.3. The molecular weight excluding hydrogens is 432 g/mol. The Hall–Kier alpha value is -2.91. The number of esters is 1. The van der Waals surface area contributed by atoms with Crippen molar-refractivity contribution in [1.29, 1.82) is 0 Å². The van der Waals surface area contributed by atoms with Gasteiger partial charge < -0.3 is 14.8 Å². The summed E-state index contributed by atoms with van der Waals surface area (Å²) < 4.78 is 37.1. The average molecular weight is 461 g/mol. The maximum atomic E-state index is 12.6. The highest BCUT2D eigenvalue weighted by molar-refractivity contribution is 7.89. The number of methoxy groups -OCH3 is 1. The number of benzene rings is 2. The highest BCUT2D eigenvalue weighted by Crippen LogP contribution is 2.22. The first-order valence-electron chi connectivity index (χ1n) is 10.5. The van der Waals surface area contributed by atoms with Crippen molar-refractivity contribution in [3.05, 3.63) is 54.1 Å². The van der Waals surface area contributed by atoms with Crippen molar-refractivity contribution >= 4 is 27.6 Å². The van der Waals surface area contributed by atoms with Crippen LogP contribution in [0.4, 0.5) is 5.69 Å². The van der Waals surface area contributed by atoms with Crippen molar-refractivity contribution in [3.63, 3.8) is 0 Å². The molecule has 1 aliphatic heterocycles. The molecule has 1 atom stereocenters. The summed E-state index contributed by atoms with van der Waals surface area (Å²) in [5.74, 6) is -0.294. The van der Waals surface area contributed by atoms with E-state index in [4.69, 9.17) is 9.47 Å². The minimum atomic E-state index is -3.51. The van der Waals surface area contributed by atoms with Gasteiger partial charge >= 0.3 is 5.97 Å². The Bertz CT molecular complexity index is 1050. The Morgan fingerprint density at radius 2 is 1.72 bits per heavy atom. The molecule has 1 saturated heterocycles. The van der Waals surface area contributed by atoms with Gasteiger partial charge in [0, 0.05) is 25.2 Å². The zero-order valence-electron chi connectivity index (χ0n) is 18.2. The van der Waals surface area contributed by atoms with Crippen LogP contribution in [0.5, 0.6) is 5.75 Å². The summed E-state index contributed by atoms with van der Waals surface area (Å²) in [5.41, 5.74) is 1.31. The Kier molecular flexibility index (Phi) is 7.87. The molecule has 1 unspecified atom stereocenters. The standard InChI is InChI=1S/C23H28N2O6S/c1-17(31-22(26)14-9-18-7-3-4-8-21(18)30-2)23(27)24-19-10-12-20(13-11-19)32(28,29)25-15-5-6-16-25/h3-4,7-8,10-13,17H,5-6,9,14-16H2,1-2H3,(H,24,27). The number of rotatable bonds is 9. The molecule has 1 heterocycles. The van der Waals surface area contributed by atoms with Gasteiger partial charge in [-0.05, 0) is 62.1 Å². The SMILES string of the molecule is COc1ccccc1CCC(=O)OC(C)C(=O)Nc1ccc(S(=O)(=O)N2CCCC2)cc1. The van der Waals surface area contributed by atoms with E-state index in [1.165, 1.54) is 35.5 Å². The summed E-state index contributed by atoms with van der Waals surface area (Å²) in [6, 6.07) is 13.4. The van der Waals surface area contributed by atoms with Crippen LogP contribution in [-0.2, 0) is 30.8 Å². The molecule has 0 bridgehead atoms. The van der Waals surface area contributed by atoms with E-state index >= 15 is 0 Å². The number of nitrogens with one attached hydrogen (secondary N) is 1. The second-order valence-electron chi connectivity index (χ2n) is 7.57. The second-order valence-corrected chi connectivity index (χ2v) is 9.51. The third kappa shape index (κ3) is 5.86. The molecule has 1 N–H and O–H groups in total. The quantitative estimate of drug-likeness (QED) is 0.577. The molecule has 32 heavy (non-hydrogen) atoms. The monoisotopic (exact) mass is 460 g/mol. The van der Waals surface area contributed by atoms with E-state index in [9.17, 15) is 18.0 Å². The lowest BCUT2D eigenvalue weighted by Crippen LogP contribution is -2.30. The van der Waals surface area contributed by atoms with Crippen molar-refractivity contribution in [2.75, 3.05) is 25.5 Å². The summed E-state index contributed by atoms with van der Waals surface area (Å²) in [6.07, 6.45) is 1.28. The predicted molar refractivity (Wildman–Crippen MR) is 120 cm³/mol. The van der Waals surface area contributed by atoms with Crippen molar-refractivity contribution in [2.24, 2.45) is 0 Å². The Morgan fingerprint density at radius 1 is 1.06 bits per heavy atom. The Labute approximate surface area is 188 Å². The van der Waals surface area contributed by atoms with Crippen LogP contribution in [0, 0.1) is 0 Å². The van der Waals surface area contributed by atoms with Crippen LogP contribution in [0.25, 0.3) is 0 Å². The van der Waals surface area contributed by atoms with Crippen LogP contribution in [0.3, 0.4) is 0 Å². The lowest BCUT2D eigenvalue weighted by atomic mass is 10.1. The molecule has 2 aromatic rings. The van der Waals surface area contributed by atoms with E-state index < -0.39 is 28.0 Å². The molecule has 0 aliphatic carbocycles. The van der Waals surface area contributed by atoms with Crippen LogP contribution in [-0.4, -0.2) is 50.9 Å². The average Bonchev–Trinajstić information content (AvgIpc) is 3.34. The fourth-order valence-electron chi connectivity index (χ4n) is 3.49. The lowest BCUT2D eigenvalue weighted by molar-refractivity contribution is -0.153. The Morgan fingerprint density at radius 3 is 2.38 bits per heavy atom. The van der Waals surface area contributed by atoms with Crippen LogP contribution >= 0.6 is 0 Å². The molecule has 9 heteroatoms. The fourth-order valence-corrected chi connectivity index (χ4v) is 5.00. The van der Waals surface area contributed by atoms with Gasteiger partial charge in [0.05, 0.1) is 12.0 Å². The molecule has 3 rings (SSSR count). The van der Waals surface area contributed by atoms with Crippen LogP contribution in [0.2, 0.25) is 0 Å². The van der Waals surface area contributed by atoms with Gasteiger partial charge in [-0.15, -0.1) is 0 Å². The van der Waals surface area contributed by atoms with Gasteiger partial charge in [0.25, 0.3) is 5.91 Å². The summed E-state index contributed by atoms with van der Waals surface area (Å²) in [4.78, 5) is 24.7. The number of nitrogens with zero attached hydrogens (tertiary/aromatic N) is 1. The largest absolute Gasteiger partial charge is 0.496 e. The molecule has 8 nitrogen and oxygen atoms in total. The van der Waals surface area contributed by atoms with Crippen LogP contribution in [0.1, 0.15) is 31.7 Å². The topological polar surface area (TPSA) is 102 Å². The van der Waals surface area contributed by atoms with Crippen molar-refractivity contribution in [1.82, 2.24) is 4.31 Å². The molecule has 172 valence electrons.